The van der Waals surface area contributed by atoms with Gasteiger partial charge >= 0.3 is 0 Å². The number of ether oxygens (including phenoxy) is 1. The molecule has 1 aliphatic heterocycles. The van der Waals surface area contributed by atoms with Crippen LogP contribution in [0.5, 0.6) is 0 Å². The average Bonchev–Trinajstić information content (AvgIpc) is 2.86. The van der Waals surface area contributed by atoms with Crippen LogP contribution in [0.15, 0.2) is 41.5 Å². The molecule has 0 bridgehead atoms. The Morgan fingerprint density at radius 1 is 1.24 bits per heavy atom. The van der Waals surface area contributed by atoms with Crippen molar-refractivity contribution < 1.29 is 4.74 Å². The van der Waals surface area contributed by atoms with Gasteiger partial charge in [0.2, 0.25) is 5.95 Å². The van der Waals surface area contributed by atoms with E-state index in [1.807, 2.05) is 55.9 Å². The molecule has 2 aromatic rings. The minimum atomic E-state index is 0.381. The number of benzene rings is 1. The third kappa shape index (κ3) is 7.47. The zero-order chi connectivity index (χ0) is 24.2. The van der Waals surface area contributed by atoms with E-state index < -0.39 is 0 Å². The summed E-state index contributed by atoms with van der Waals surface area (Å²) in [7, 11) is 5.27. The van der Waals surface area contributed by atoms with E-state index in [2.05, 4.69) is 51.0 Å². The van der Waals surface area contributed by atoms with Crippen LogP contribution in [0.2, 0.25) is 0 Å². The number of anilines is 1. The number of rotatable bonds is 6. The highest BCUT2D eigenvalue weighted by Gasteiger charge is 2.20. The Morgan fingerprint density at radius 3 is 2.55 bits per heavy atom. The lowest BCUT2D eigenvalue weighted by Gasteiger charge is -2.30. The number of nitrogens with zero attached hydrogens (tertiary/aromatic N) is 5. The SMILES string of the molecule is CC.CN=C(OC)N(C)/C(=C/c1ccccc1C)c1ccnc(NC2CCN(SC)CC2)n1. The number of aryl methyl sites for hydroxylation is 1. The summed E-state index contributed by atoms with van der Waals surface area (Å²) < 4.78 is 7.87. The van der Waals surface area contributed by atoms with Gasteiger partial charge in [0, 0.05) is 39.4 Å². The Morgan fingerprint density at radius 2 is 1.94 bits per heavy atom. The highest BCUT2D eigenvalue weighted by Crippen LogP contribution is 2.24. The van der Waals surface area contributed by atoms with E-state index in [0.717, 1.165) is 42.9 Å². The molecule has 0 unspecified atom stereocenters. The van der Waals surface area contributed by atoms with E-state index in [-0.39, 0.29) is 0 Å². The van der Waals surface area contributed by atoms with Crippen molar-refractivity contribution >= 4 is 35.7 Å². The van der Waals surface area contributed by atoms with Crippen molar-refractivity contribution in [1.82, 2.24) is 19.2 Å². The second-order valence-corrected chi connectivity index (χ2v) is 8.33. The molecule has 1 saturated heterocycles. The first-order valence-corrected chi connectivity index (χ1v) is 12.6. The topological polar surface area (TPSA) is 65.9 Å². The molecule has 0 saturated carbocycles. The summed E-state index contributed by atoms with van der Waals surface area (Å²) in [6.07, 6.45) is 8.21. The zero-order valence-electron chi connectivity index (χ0n) is 21.0. The molecule has 180 valence electrons. The van der Waals surface area contributed by atoms with Crippen LogP contribution in [0.4, 0.5) is 5.95 Å². The summed E-state index contributed by atoms with van der Waals surface area (Å²) in [5, 5.41) is 3.53. The van der Waals surface area contributed by atoms with Gasteiger partial charge in [-0.1, -0.05) is 50.1 Å². The quantitative estimate of drug-likeness (QED) is 0.361. The predicted octanol–water partition coefficient (Wildman–Crippen LogP) is 5.03. The maximum Gasteiger partial charge on any atom is 0.291 e. The second kappa shape index (κ2) is 13.9. The number of amidine groups is 1. The fraction of sp³-hybridized carbons (Fsp3) is 0.480. The van der Waals surface area contributed by atoms with E-state index in [1.165, 1.54) is 5.56 Å². The first-order chi connectivity index (χ1) is 16.0. The first-order valence-electron chi connectivity index (χ1n) is 11.5. The van der Waals surface area contributed by atoms with Crippen LogP contribution in [-0.2, 0) is 4.74 Å². The minimum Gasteiger partial charge on any atom is -0.468 e. The Labute approximate surface area is 203 Å². The molecular formula is C25H38N6OS. The fourth-order valence-corrected chi connectivity index (χ4v) is 4.23. The van der Waals surface area contributed by atoms with Crippen molar-refractivity contribution in [2.45, 2.75) is 39.7 Å². The Kier molecular flexibility index (Phi) is 11.2. The van der Waals surface area contributed by atoms with E-state index in [0.29, 0.717) is 18.0 Å². The van der Waals surface area contributed by atoms with Gasteiger partial charge in [0.15, 0.2) is 0 Å². The molecular weight excluding hydrogens is 432 g/mol. The van der Waals surface area contributed by atoms with Gasteiger partial charge in [0.25, 0.3) is 6.02 Å². The summed E-state index contributed by atoms with van der Waals surface area (Å²) >= 11 is 1.81. The molecule has 0 spiro atoms. The number of methoxy groups -OCH3 is 1. The van der Waals surface area contributed by atoms with Crippen molar-refractivity contribution in [3.05, 3.63) is 53.3 Å². The molecule has 7 nitrogen and oxygen atoms in total. The van der Waals surface area contributed by atoms with E-state index in [9.17, 15) is 0 Å². The van der Waals surface area contributed by atoms with Crippen molar-refractivity contribution in [3.8, 4) is 0 Å². The molecule has 8 heteroatoms. The lowest BCUT2D eigenvalue weighted by atomic mass is 10.1. The Bertz CT molecular complexity index is 925. The summed E-state index contributed by atoms with van der Waals surface area (Å²) in [6, 6.07) is 11.1. The third-order valence-electron chi connectivity index (χ3n) is 5.47. The van der Waals surface area contributed by atoms with Gasteiger partial charge in [-0.3, -0.25) is 9.21 Å². The normalized spacial score (nSPS) is 15.5. The van der Waals surface area contributed by atoms with Crippen LogP contribution in [-0.4, -0.2) is 71.8 Å². The predicted molar refractivity (Wildman–Crippen MR) is 142 cm³/mol. The second-order valence-electron chi connectivity index (χ2n) is 7.45. The van der Waals surface area contributed by atoms with Crippen LogP contribution in [0.25, 0.3) is 11.8 Å². The van der Waals surface area contributed by atoms with Gasteiger partial charge in [-0.15, -0.1) is 0 Å². The molecule has 33 heavy (non-hydrogen) atoms. The van der Waals surface area contributed by atoms with Crippen molar-refractivity contribution in [3.63, 3.8) is 0 Å². The number of piperidine rings is 1. The smallest absolute Gasteiger partial charge is 0.291 e. The largest absolute Gasteiger partial charge is 0.468 e. The monoisotopic (exact) mass is 470 g/mol. The number of aromatic nitrogens is 2. The molecule has 0 amide bonds. The van der Waals surface area contributed by atoms with Crippen LogP contribution in [0.3, 0.4) is 0 Å². The van der Waals surface area contributed by atoms with Crippen LogP contribution < -0.4 is 5.32 Å². The van der Waals surface area contributed by atoms with Gasteiger partial charge in [-0.25, -0.2) is 15.0 Å². The Hall–Kier alpha value is -2.58. The van der Waals surface area contributed by atoms with Crippen LogP contribution >= 0.6 is 11.9 Å². The minimum absolute atomic E-state index is 0.381. The van der Waals surface area contributed by atoms with Crippen molar-refractivity contribution in [2.75, 3.05) is 45.9 Å². The molecule has 0 radical (unpaired) electrons. The maximum atomic E-state index is 5.47. The van der Waals surface area contributed by atoms with Gasteiger partial charge < -0.3 is 10.1 Å². The molecule has 3 rings (SSSR count). The van der Waals surface area contributed by atoms with Crippen LogP contribution in [0.1, 0.15) is 43.5 Å². The molecule has 1 fully saturated rings. The first kappa shape index (κ1) is 26.7. The summed E-state index contributed by atoms with van der Waals surface area (Å²) in [5.74, 6) is 0.650. The summed E-state index contributed by atoms with van der Waals surface area (Å²) in [6.45, 7) is 8.25. The standard InChI is InChI=1S/C23H32N6OS.C2H6/c1-17-8-6-7-9-18(17)16-21(28(3)23(24-2)30-4)20-10-13-25-22(27-20)26-19-11-14-29(31-5)15-12-19;1-2/h6-10,13,16,19H,11-12,14-15H2,1-5H3,(H,25,26,27);1-2H3/b21-16+,24-23?;. The fourth-order valence-electron chi connectivity index (χ4n) is 3.66. The highest BCUT2D eigenvalue weighted by molar-refractivity contribution is 7.96. The maximum absolute atomic E-state index is 5.47. The van der Waals surface area contributed by atoms with Gasteiger partial charge in [-0.05, 0) is 49.3 Å². The lowest BCUT2D eigenvalue weighted by Crippen LogP contribution is -2.35. The van der Waals surface area contributed by atoms with Crippen molar-refractivity contribution in [1.29, 1.82) is 0 Å². The van der Waals surface area contributed by atoms with Gasteiger partial charge in [0.1, 0.15) is 0 Å². The molecule has 1 N–H and O–H groups in total. The lowest BCUT2D eigenvalue weighted by molar-refractivity contribution is 0.346. The Balaban J connectivity index is 0.00000187. The van der Waals surface area contributed by atoms with Gasteiger partial charge in [-0.2, -0.15) is 0 Å². The molecule has 0 atom stereocenters. The van der Waals surface area contributed by atoms with Crippen LogP contribution in [0, 0.1) is 6.92 Å². The highest BCUT2D eigenvalue weighted by atomic mass is 32.2. The third-order valence-corrected chi connectivity index (χ3v) is 6.35. The molecule has 1 aliphatic rings. The molecule has 0 aliphatic carbocycles. The average molecular weight is 471 g/mol. The summed E-state index contributed by atoms with van der Waals surface area (Å²) in [4.78, 5) is 15.5. The van der Waals surface area contributed by atoms with Crippen molar-refractivity contribution in [2.24, 2.45) is 4.99 Å². The molecule has 1 aromatic carbocycles. The number of hydrogen-bond acceptors (Lipinski definition) is 7. The summed E-state index contributed by atoms with van der Waals surface area (Å²) in [5.41, 5.74) is 4.00. The number of nitrogens with one attached hydrogen (secondary N) is 1. The van der Waals surface area contributed by atoms with E-state index in [1.54, 1.807) is 20.4 Å². The number of aliphatic imine (C=N–C) groups is 1. The number of hydrogen-bond donors (Lipinski definition) is 1. The van der Waals surface area contributed by atoms with E-state index in [4.69, 9.17) is 9.72 Å². The molecule has 2 heterocycles. The zero-order valence-corrected chi connectivity index (χ0v) is 21.8. The molecule has 1 aromatic heterocycles. The van der Waals surface area contributed by atoms with Gasteiger partial charge in [0.05, 0.1) is 18.5 Å². The van der Waals surface area contributed by atoms with E-state index >= 15 is 0 Å².